The maximum atomic E-state index is 12.4. The Hall–Kier alpha value is -1.61. The maximum absolute atomic E-state index is 12.4. The highest BCUT2D eigenvalue weighted by Gasteiger charge is 2.29. The van der Waals surface area contributed by atoms with E-state index in [0.717, 1.165) is 26.7 Å². The van der Waals surface area contributed by atoms with Crippen LogP contribution in [0.2, 0.25) is 0 Å². The number of hydrogen-bond donors (Lipinski definition) is 0. The minimum Gasteiger partial charge on any atom is -0.484 e. The van der Waals surface area contributed by atoms with Gasteiger partial charge in [0, 0.05) is 4.47 Å². The molecule has 0 aromatic heterocycles. The van der Waals surface area contributed by atoms with Crippen LogP contribution in [0.4, 0.5) is 0 Å². The summed E-state index contributed by atoms with van der Waals surface area (Å²) in [5.41, 5.74) is 3.89. The van der Waals surface area contributed by atoms with Crippen LogP contribution < -0.4 is 4.74 Å². The average Bonchev–Trinajstić information content (AvgIpc) is 2.38. The molecule has 20 heavy (non-hydrogen) atoms. The number of hydrogen-bond acceptors (Lipinski definition) is 2. The van der Waals surface area contributed by atoms with Crippen LogP contribution >= 0.6 is 15.9 Å². The van der Waals surface area contributed by atoms with E-state index >= 15 is 0 Å². The van der Waals surface area contributed by atoms with E-state index in [-0.39, 0.29) is 11.9 Å². The molecule has 0 saturated heterocycles. The number of rotatable bonds is 1. The van der Waals surface area contributed by atoms with E-state index in [0.29, 0.717) is 12.2 Å². The normalized spacial score (nSPS) is 17.6. The molecule has 1 aliphatic heterocycles. The lowest BCUT2D eigenvalue weighted by Gasteiger charge is -2.27. The lowest BCUT2D eigenvalue weighted by atomic mass is 9.92. The van der Waals surface area contributed by atoms with Gasteiger partial charge in [-0.05, 0) is 48.7 Å². The molecule has 0 radical (unpaired) electrons. The van der Waals surface area contributed by atoms with Crippen molar-refractivity contribution in [2.24, 2.45) is 0 Å². The third kappa shape index (κ3) is 2.38. The Labute approximate surface area is 126 Å². The van der Waals surface area contributed by atoms with Crippen molar-refractivity contribution in [1.82, 2.24) is 0 Å². The Morgan fingerprint density at radius 3 is 2.55 bits per heavy atom. The SMILES string of the molecule is Cc1cc(C)c2c(c1)OC(c1ccc(Br)cc1)CC2=O. The zero-order valence-electron chi connectivity index (χ0n) is 11.4. The van der Waals surface area contributed by atoms with Crippen molar-refractivity contribution in [1.29, 1.82) is 0 Å². The van der Waals surface area contributed by atoms with Gasteiger partial charge in [-0.2, -0.15) is 0 Å². The molecule has 2 aromatic rings. The van der Waals surface area contributed by atoms with E-state index < -0.39 is 0 Å². The second-order valence-corrected chi connectivity index (χ2v) is 6.16. The molecule has 0 bridgehead atoms. The van der Waals surface area contributed by atoms with Crippen molar-refractivity contribution in [3.8, 4) is 5.75 Å². The summed E-state index contributed by atoms with van der Waals surface area (Å²) in [7, 11) is 0. The summed E-state index contributed by atoms with van der Waals surface area (Å²) < 4.78 is 7.08. The Balaban J connectivity index is 2.00. The standard InChI is InChI=1S/C17H15BrO2/c1-10-7-11(2)17-14(19)9-15(20-16(17)8-10)12-3-5-13(18)6-4-12/h3-8,15H,9H2,1-2H3. The van der Waals surface area contributed by atoms with Crippen molar-refractivity contribution < 1.29 is 9.53 Å². The molecule has 2 aromatic carbocycles. The van der Waals surface area contributed by atoms with Crippen LogP contribution in [0.25, 0.3) is 0 Å². The van der Waals surface area contributed by atoms with Crippen molar-refractivity contribution in [3.63, 3.8) is 0 Å². The smallest absolute Gasteiger partial charge is 0.170 e. The summed E-state index contributed by atoms with van der Waals surface area (Å²) in [5, 5.41) is 0. The summed E-state index contributed by atoms with van der Waals surface area (Å²) in [6.45, 7) is 3.98. The Morgan fingerprint density at radius 1 is 1.15 bits per heavy atom. The number of benzene rings is 2. The predicted molar refractivity (Wildman–Crippen MR) is 82.4 cm³/mol. The first-order valence-electron chi connectivity index (χ1n) is 6.61. The number of fused-ring (bicyclic) bond motifs is 1. The Morgan fingerprint density at radius 2 is 1.85 bits per heavy atom. The first kappa shape index (κ1) is 13.4. The van der Waals surface area contributed by atoms with Crippen LogP contribution in [0.5, 0.6) is 5.75 Å². The zero-order chi connectivity index (χ0) is 14.3. The van der Waals surface area contributed by atoms with Gasteiger partial charge in [-0.15, -0.1) is 0 Å². The van der Waals surface area contributed by atoms with Crippen LogP contribution in [0.3, 0.4) is 0 Å². The van der Waals surface area contributed by atoms with Gasteiger partial charge in [-0.1, -0.05) is 34.1 Å². The molecule has 0 saturated carbocycles. The lowest BCUT2D eigenvalue weighted by molar-refractivity contribution is 0.0849. The largest absolute Gasteiger partial charge is 0.484 e. The minimum absolute atomic E-state index is 0.164. The predicted octanol–water partition coefficient (Wildman–Crippen LogP) is 4.77. The number of carbonyl (C=O) groups excluding carboxylic acids is 1. The average molecular weight is 331 g/mol. The fourth-order valence-corrected chi connectivity index (χ4v) is 2.97. The second kappa shape index (κ2) is 5.06. The summed E-state index contributed by atoms with van der Waals surface area (Å²) >= 11 is 3.42. The van der Waals surface area contributed by atoms with Crippen LogP contribution in [0, 0.1) is 13.8 Å². The molecule has 0 fully saturated rings. The summed E-state index contributed by atoms with van der Waals surface area (Å²) in [6.07, 6.45) is 0.211. The topological polar surface area (TPSA) is 26.3 Å². The third-order valence-corrected chi connectivity index (χ3v) is 4.13. The number of ketones is 1. The van der Waals surface area contributed by atoms with E-state index in [1.54, 1.807) is 0 Å². The van der Waals surface area contributed by atoms with Crippen LogP contribution in [-0.4, -0.2) is 5.78 Å². The van der Waals surface area contributed by atoms with E-state index in [4.69, 9.17) is 4.74 Å². The van der Waals surface area contributed by atoms with Crippen LogP contribution in [0.15, 0.2) is 40.9 Å². The molecule has 0 aliphatic carbocycles. The van der Waals surface area contributed by atoms with E-state index in [9.17, 15) is 4.79 Å². The lowest BCUT2D eigenvalue weighted by Crippen LogP contribution is -2.21. The highest BCUT2D eigenvalue weighted by atomic mass is 79.9. The maximum Gasteiger partial charge on any atom is 0.170 e. The molecular weight excluding hydrogens is 316 g/mol. The molecule has 0 amide bonds. The number of halogens is 1. The quantitative estimate of drug-likeness (QED) is 0.752. The van der Waals surface area contributed by atoms with Crippen LogP contribution in [-0.2, 0) is 0 Å². The molecule has 1 aliphatic rings. The van der Waals surface area contributed by atoms with E-state index in [2.05, 4.69) is 15.9 Å². The highest BCUT2D eigenvalue weighted by Crippen LogP contribution is 2.37. The van der Waals surface area contributed by atoms with Crippen molar-refractivity contribution >= 4 is 21.7 Å². The van der Waals surface area contributed by atoms with Gasteiger partial charge in [-0.3, -0.25) is 4.79 Å². The third-order valence-electron chi connectivity index (χ3n) is 3.60. The van der Waals surface area contributed by atoms with Gasteiger partial charge in [0.25, 0.3) is 0 Å². The molecular formula is C17H15BrO2. The van der Waals surface area contributed by atoms with Gasteiger partial charge in [-0.25, -0.2) is 0 Å². The van der Waals surface area contributed by atoms with Gasteiger partial charge >= 0.3 is 0 Å². The number of aryl methyl sites for hydroxylation is 2. The monoisotopic (exact) mass is 330 g/mol. The van der Waals surface area contributed by atoms with Crippen molar-refractivity contribution in [3.05, 3.63) is 63.1 Å². The Kier molecular flexibility index (Phi) is 3.38. The summed E-state index contributed by atoms with van der Waals surface area (Å²) in [5.74, 6) is 0.878. The van der Waals surface area contributed by atoms with Gasteiger partial charge in [0.05, 0.1) is 12.0 Å². The Bertz CT molecular complexity index is 674. The molecule has 3 rings (SSSR count). The first-order valence-corrected chi connectivity index (χ1v) is 7.40. The molecule has 1 atom stereocenters. The van der Waals surface area contributed by atoms with Gasteiger partial charge in [0.15, 0.2) is 5.78 Å². The molecule has 0 N–H and O–H groups in total. The molecule has 102 valence electrons. The van der Waals surface area contributed by atoms with Crippen LogP contribution in [0.1, 0.15) is 39.6 Å². The molecule has 1 heterocycles. The molecule has 3 heteroatoms. The van der Waals surface area contributed by atoms with Gasteiger partial charge < -0.3 is 4.74 Å². The van der Waals surface area contributed by atoms with Gasteiger partial charge in [0.1, 0.15) is 11.9 Å². The van der Waals surface area contributed by atoms with E-state index in [1.807, 2.05) is 50.2 Å². The number of ether oxygens (including phenoxy) is 1. The van der Waals surface area contributed by atoms with E-state index in [1.165, 1.54) is 0 Å². The second-order valence-electron chi connectivity index (χ2n) is 5.24. The summed E-state index contributed by atoms with van der Waals surface area (Å²) in [4.78, 5) is 12.4. The fourth-order valence-electron chi connectivity index (χ4n) is 2.71. The minimum atomic E-state index is -0.190. The number of carbonyl (C=O) groups is 1. The summed E-state index contributed by atoms with van der Waals surface area (Å²) in [6, 6.07) is 11.9. The van der Waals surface area contributed by atoms with Crippen molar-refractivity contribution in [2.75, 3.05) is 0 Å². The van der Waals surface area contributed by atoms with Gasteiger partial charge in [0.2, 0.25) is 0 Å². The zero-order valence-corrected chi connectivity index (χ0v) is 13.0. The fraction of sp³-hybridized carbons (Fsp3) is 0.235. The molecule has 0 spiro atoms. The van der Waals surface area contributed by atoms with Crippen molar-refractivity contribution in [2.45, 2.75) is 26.4 Å². The number of Topliss-reactive ketones (excluding diaryl/α,β-unsaturated/α-hetero) is 1. The molecule has 2 nitrogen and oxygen atoms in total. The molecule has 1 unspecified atom stereocenters. The highest BCUT2D eigenvalue weighted by molar-refractivity contribution is 9.10. The first-order chi connectivity index (χ1) is 9.54.